The van der Waals surface area contributed by atoms with Gasteiger partial charge in [0.1, 0.15) is 11.5 Å². The number of hydrogen-bond donors (Lipinski definition) is 3. The molecule has 19 heavy (non-hydrogen) atoms. The van der Waals surface area contributed by atoms with Crippen LogP contribution < -0.4 is 22.3 Å². The lowest BCUT2D eigenvalue weighted by Gasteiger charge is -2.12. The fourth-order valence-electron chi connectivity index (χ4n) is 1.54. The topological polar surface area (TPSA) is 102 Å². The summed E-state index contributed by atoms with van der Waals surface area (Å²) in [6.07, 6.45) is 0.590. The molecule has 0 spiro atoms. The maximum Gasteiger partial charge on any atom is 0.330 e. The molecule has 1 aromatic heterocycles. The average molecular weight is 266 g/mol. The number of methoxy groups -OCH3 is 1. The Morgan fingerprint density at radius 2 is 2.21 bits per heavy atom. The molecule has 0 amide bonds. The summed E-state index contributed by atoms with van der Waals surface area (Å²) in [5, 5.41) is 2.89. The van der Waals surface area contributed by atoms with Crippen LogP contribution in [0.2, 0.25) is 0 Å². The van der Waals surface area contributed by atoms with Gasteiger partial charge in [-0.15, -0.1) is 11.8 Å². The normalized spacial score (nSPS) is 9.79. The SMILES string of the molecule is CC#CCCNc1c(N)n(CCOC)c(=O)[nH]c1=O. The molecule has 0 saturated heterocycles. The summed E-state index contributed by atoms with van der Waals surface area (Å²) in [5.74, 6) is 5.72. The zero-order valence-corrected chi connectivity index (χ0v) is 11.1. The van der Waals surface area contributed by atoms with E-state index in [0.717, 1.165) is 0 Å². The number of anilines is 2. The molecule has 0 bridgehead atoms. The first-order chi connectivity index (χ1) is 9.11. The third-order valence-electron chi connectivity index (χ3n) is 2.49. The Labute approximate surface area is 110 Å². The van der Waals surface area contributed by atoms with Crippen LogP contribution in [0.4, 0.5) is 11.5 Å². The quantitative estimate of drug-likeness (QED) is 0.480. The van der Waals surface area contributed by atoms with E-state index in [4.69, 9.17) is 10.5 Å². The van der Waals surface area contributed by atoms with Gasteiger partial charge in [0, 0.05) is 20.1 Å². The van der Waals surface area contributed by atoms with Crippen LogP contribution in [0.5, 0.6) is 0 Å². The first-order valence-corrected chi connectivity index (χ1v) is 5.86. The van der Waals surface area contributed by atoms with Crippen LogP contribution in [0.3, 0.4) is 0 Å². The molecule has 0 aliphatic carbocycles. The Morgan fingerprint density at radius 3 is 2.84 bits per heavy atom. The Bertz CT molecular complexity index is 592. The summed E-state index contributed by atoms with van der Waals surface area (Å²) < 4.78 is 6.16. The van der Waals surface area contributed by atoms with Gasteiger partial charge in [-0.3, -0.25) is 14.3 Å². The number of aromatic nitrogens is 2. The average Bonchev–Trinajstić information content (AvgIpc) is 2.37. The monoisotopic (exact) mass is 266 g/mol. The van der Waals surface area contributed by atoms with Crippen LogP contribution >= 0.6 is 0 Å². The van der Waals surface area contributed by atoms with Crippen molar-refractivity contribution in [3.05, 3.63) is 20.8 Å². The Morgan fingerprint density at radius 1 is 1.47 bits per heavy atom. The van der Waals surface area contributed by atoms with Gasteiger partial charge in [0.15, 0.2) is 0 Å². The molecule has 1 rings (SSSR count). The number of ether oxygens (including phenoxy) is 1. The van der Waals surface area contributed by atoms with Crippen molar-refractivity contribution in [3.8, 4) is 11.8 Å². The van der Waals surface area contributed by atoms with Crippen molar-refractivity contribution < 1.29 is 4.74 Å². The number of H-pyrrole nitrogens is 1. The molecule has 7 heteroatoms. The second-order valence-corrected chi connectivity index (χ2v) is 3.77. The van der Waals surface area contributed by atoms with Gasteiger partial charge in [-0.05, 0) is 6.92 Å². The molecule has 0 atom stereocenters. The highest BCUT2D eigenvalue weighted by atomic mass is 16.5. The second kappa shape index (κ2) is 7.28. The molecule has 0 aliphatic heterocycles. The van der Waals surface area contributed by atoms with Crippen molar-refractivity contribution in [2.24, 2.45) is 0 Å². The van der Waals surface area contributed by atoms with Crippen LogP contribution in [-0.2, 0) is 11.3 Å². The third-order valence-corrected chi connectivity index (χ3v) is 2.49. The van der Waals surface area contributed by atoms with Crippen LogP contribution in [0.25, 0.3) is 0 Å². The first-order valence-electron chi connectivity index (χ1n) is 5.86. The molecule has 0 unspecified atom stereocenters. The van der Waals surface area contributed by atoms with E-state index in [-0.39, 0.29) is 18.1 Å². The van der Waals surface area contributed by atoms with E-state index in [2.05, 4.69) is 22.1 Å². The molecule has 0 aromatic carbocycles. The molecule has 0 radical (unpaired) electrons. The second-order valence-electron chi connectivity index (χ2n) is 3.77. The molecular weight excluding hydrogens is 248 g/mol. The van der Waals surface area contributed by atoms with E-state index in [1.807, 2.05) is 0 Å². The predicted molar refractivity (Wildman–Crippen MR) is 74.2 cm³/mol. The van der Waals surface area contributed by atoms with Gasteiger partial charge in [-0.25, -0.2) is 4.79 Å². The number of nitrogens with two attached hydrogens (primary N) is 1. The van der Waals surface area contributed by atoms with Crippen molar-refractivity contribution in [2.75, 3.05) is 31.3 Å². The Kier molecular flexibility index (Phi) is 5.70. The molecule has 7 nitrogen and oxygen atoms in total. The van der Waals surface area contributed by atoms with Gasteiger partial charge in [-0.2, -0.15) is 0 Å². The lowest BCUT2D eigenvalue weighted by molar-refractivity contribution is 0.186. The van der Waals surface area contributed by atoms with Crippen molar-refractivity contribution in [2.45, 2.75) is 19.9 Å². The largest absolute Gasteiger partial charge is 0.383 e. The summed E-state index contributed by atoms with van der Waals surface area (Å²) >= 11 is 0. The zero-order chi connectivity index (χ0) is 14.3. The fraction of sp³-hybridized carbons (Fsp3) is 0.500. The number of rotatable bonds is 6. The predicted octanol–water partition coefficient (Wildman–Crippen LogP) is -0.409. The van der Waals surface area contributed by atoms with E-state index in [1.165, 1.54) is 11.7 Å². The highest BCUT2D eigenvalue weighted by molar-refractivity contribution is 5.60. The van der Waals surface area contributed by atoms with Crippen molar-refractivity contribution in [3.63, 3.8) is 0 Å². The molecule has 0 saturated carbocycles. The smallest absolute Gasteiger partial charge is 0.330 e. The van der Waals surface area contributed by atoms with E-state index >= 15 is 0 Å². The standard InChI is InChI=1S/C12H18N4O3/c1-3-4-5-6-14-9-10(13)16(7-8-19-2)12(18)15-11(9)17/h14H,5-8,13H2,1-2H3,(H,15,17,18). The van der Waals surface area contributed by atoms with Gasteiger partial charge in [0.05, 0.1) is 13.2 Å². The van der Waals surface area contributed by atoms with E-state index in [0.29, 0.717) is 19.6 Å². The third kappa shape index (κ3) is 3.89. The van der Waals surface area contributed by atoms with Crippen LogP contribution in [0.1, 0.15) is 13.3 Å². The highest BCUT2D eigenvalue weighted by Crippen LogP contribution is 2.09. The summed E-state index contributed by atoms with van der Waals surface area (Å²) in [6, 6.07) is 0. The molecular formula is C12H18N4O3. The molecule has 1 heterocycles. The fourth-order valence-corrected chi connectivity index (χ4v) is 1.54. The molecule has 4 N–H and O–H groups in total. The maximum atomic E-state index is 11.7. The van der Waals surface area contributed by atoms with Crippen molar-refractivity contribution >= 4 is 11.5 Å². The molecule has 0 fully saturated rings. The number of nitrogens with zero attached hydrogens (tertiary/aromatic N) is 1. The number of aromatic amines is 1. The number of nitrogen functional groups attached to an aromatic ring is 1. The Balaban J connectivity index is 2.99. The van der Waals surface area contributed by atoms with E-state index < -0.39 is 11.2 Å². The van der Waals surface area contributed by atoms with Crippen molar-refractivity contribution in [1.82, 2.24) is 9.55 Å². The van der Waals surface area contributed by atoms with E-state index in [9.17, 15) is 9.59 Å². The molecule has 104 valence electrons. The van der Waals surface area contributed by atoms with Gasteiger partial charge >= 0.3 is 5.69 Å². The number of nitrogens with one attached hydrogen (secondary N) is 2. The lowest BCUT2D eigenvalue weighted by atomic mass is 10.3. The van der Waals surface area contributed by atoms with Gasteiger partial charge in [0.25, 0.3) is 5.56 Å². The zero-order valence-electron chi connectivity index (χ0n) is 11.1. The number of hydrogen-bond acceptors (Lipinski definition) is 5. The summed E-state index contributed by atoms with van der Waals surface area (Å²) in [6.45, 7) is 2.83. The summed E-state index contributed by atoms with van der Waals surface area (Å²) in [7, 11) is 1.52. The van der Waals surface area contributed by atoms with Crippen LogP contribution in [-0.4, -0.2) is 29.8 Å². The minimum Gasteiger partial charge on any atom is -0.383 e. The first kappa shape index (κ1) is 14.9. The van der Waals surface area contributed by atoms with Crippen molar-refractivity contribution in [1.29, 1.82) is 0 Å². The Hall–Kier alpha value is -2.20. The lowest BCUT2D eigenvalue weighted by Crippen LogP contribution is -2.35. The van der Waals surface area contributed by atoms with Gasteiger partial charge in [-0.1, -0.05) is 0 Å². The van der Waals surface area contributed by atoms with Gasteiger partial charge < -0.3 is 15.8 Å². The van der Waals surface area contributed by atoms with E-state index in [1.54, 1.807) is 6.92 Å². The molecule has 0 aliphatic rings. The summed E-state index contributed by atoms with van der Waals surface area (Å²) in [5.41, 5.74) is 4.95. The highest BCUT2D eigenvalue weighted by Gasteiger charge is 2.11. The minimum absolute atomic E-state index is 0.107. The van der Waals surface area contributed by atoms with Crippen LogP contribution in [0, 0.1) is 11.8 Å². The van der Waals surface area contributed by atoms with Crippen LogP contribution in [0.15, 0.2) is 9.59 Å². The molecule has 1 aromatic rings. The maximum absolute atomic E-state index is 11.7. The van der Waals surface area contributed by atoms with Gasteiger partial charge in [0.2, 0.25) is 0 Å². The summed E-state index contributed by atoms with van der Waals surface area (Å²) in [4.78, 5) is 25.5. The minimum atomic E-state index is -0.543.